The molecule has 166 valence electrons. The maximum Gasteiger partial charge on any atom is 0.276 e. The average molecular weight is 451 g/mol. The van der Waals surface area contributed by atoms with Crippen LogP contribution in [0, 0.1) is 6.92 Å². The van der Waals surface area contributed by atoms with Gasteiger partial charge in [-0.15, -0.1) is 0 Å². The van der Waals surface area contributed by atoms with E-state index in [4.69, 9.17) is 16.0 Å². The van der Waals surface area contributed by atoms with Gasteiger partial charge < -0.3 is 15.1 Å². The van der Waals surface area contributed by atoms with Gasteiger partial charge in [0.25, 0.3) is 5.91 Å². The molecule has 0 unspecified atom stereocenters. The number of aromatic nitrogens is 2. The van der Waals surface area contributed by atoms with Crippen LogP contribution in [0.2, 0.25) is 5.02 Å². The van der Waals surface area contributed by atoms with Crippen molar-refractivity contribution in [1.82, 2.24) is 15.1 Å². The summed E-state index contributed by atoms with van der Waals surface area (Å²) < 4.78 is 7.90. The summed E-state index contributed by atoms with van der Waals surface area (Å²) in [7, 11) is 1.90. The fourth-order valence-corrected chi connectivity index (χ4v) is 3.90. The standard InChI is InChI=1S/C25H27ClN4O2/c1-15(2)23-12-18-10-20(26)11-19(24(18)32-23)14-30-16(3)9-22(29-30)25(31)28-21-7-5-17(6-8-21)13-27-4/h5-12,15,27H,13-14H2,1-4H3,(H,28,31). The number of rotatable bonds is 7. The molecule has 0 aliphatic heterocycles. The van der Waals surface area contributed by atoms with Crippen LogP contribution in [0.25, 0.3) is 11.0 Å². The largest absolute Gasteiger partial charge is 0.460 e. The predicted octanol–water partition coefficient (Wildman–Crippen LogP) is 5.73. The summed E-state index contributed by atoms with van der Waals surface area (Å²) in [6, 6.07) is 15.4. The van der Waals surface area contributed by atoms with Crippen LogP contribution in [0.5, 0.6) is 0 Å². The first kappa shape index (κ1) is 22.1. The number of nitrogens with zero attached hydrogens (tertiary/aromatic N) is 2. The van der Waals surface area contributed by atoms with Gasteiger partial charge in [0.15, 0.2) is 5.69 Å². The number of carbonyl (C=O) groups is 1. The fraction of sp³-hybridized carbons (Fsp3) is 0.280. The summed E-state index contributed by atoms with van der Waals surface area (Å²) in [4.78, 5) is 12.7. The Kier molecular flexibility index (Phi) is 6.35. The molecule has 0 aliphatic rings. The van der Waals surface area contributed by atoms with Gasteiger partial charge in [0.2, 0.25) is 0 Å². The molecule has 2 heterocycles. The van der Waals surface area contributed by atoms with E-state index in [2.05, 4.69) is 29.6 Å². The number of hydrogen-bond donors (Lipinski definition) is 2. The quantitative estimate of drug-likeness (QED) is 0.377. The topological polar surface area (TPSA) is 72.1 Å². The molecule has 2 N–H and O–H groups in total. The summed E-state index contributed by atoms with van der Waals surface area (Å²) in [5.74, 6) is 0.953. The van der Waals surface area contributed by atoms with E-state index in [1.54, 1.807) is 10.7 Å². The minimum atomic E-state index is -0.246. The molecule has 4 aromatic rings. The van der Waals surface area contributed by atoms with Crippen LogP contribution >= 0.6 is 11.6 Å². The Balaban J connectivity index is 1.55. The summed E-state index contributed by atoms with van der Waals surface area (Å²) in [6.45, 7) is 7.36. The Morgan fingerprint density at radius 1 is 1.16 bits per heavy atom. The van der Waals surface area contributed by atoms with E-state index in [1.807, 2.05) is 56.4 Å². The van der Waals surface area contributed by atoms with Crippen molar-refractivity contribution in [3.8, 4) is 0 Å². The SMILES string of the molecule is CNCc1ccc(NC(=O)c2cc(C)n(Cc3cc(Cl)cc4cc(C(C)C)oc34)n2)cc1. The first-order valence-corrected chi connectivity index (χ1v) is 11.0. The molecule has 0 saturated carbocycles. The first-order chi connectivity index (χ1) is 15.3. The van der Waals surface area contributed by atoms with Gasteiger partial charge in [-0.05, 0) is 55.9 Å². The third-order valence-corrected chi connectivity index (χ3v) is 5.59. The number of anilines is 1. The van der Waals surface area contributed by atoms with Crippen LogP contribution < -0.4 is 10.6 Å². The lowest BCUT2D eigenvalue weighted by Crippen LogP contribution is -2.14. The van der Waals surface area contributed by atoms with Crippen molar-refractivity contribution in [3.05, 3.63) is 81.8 Å². The average Bonchev–Trinajstić information content (AvgIpc) is 3.34. The number of hydrogen-bond acceptors (Lipinski definition) is 4. The van der Waals surface area contributed by atoms with Crippen molar-refractivity contribution in [2.45, 2.75) is 39.8 Å². The van der Waals surface area contributed by atoms with E-state index in [0.717, 1.165) is 45.8 Å². The molecule has 32 heavy (non-hydrogen) atoms. The summed E-state index contributed by atoms with van der Waals surface area (Å²) in [5, 5.41) is 12.2. The lowest BCUT2D eigenvalue weighted by Gasteiger charge is -2.07. The van der Waals surface area contributed by atoms with Gasteiger partial charge in [-0.2, -0.15) is 5.10 Å². The second kappa shape index (κ2) is 9.18. The third kappa shape index (κ3) is 4.71. The molecule has 0 saturated heterocycles. The Bertz CT molecular complexity index is 1260. The van der Waals surface area contributed by atoms with E-state index in [9.17, 15) is 4.79 Å². The van der Waals surface area contributed by atoms with Gasteiger partial charge in [-0.25, -0.2) is 0 Å². The van der Waals surface area contributed by atoms with Gasteiger partial charge in [0.05, 0.1) is 6.54 Å². The van der Waals surface area contributed by atoms with Crippen molar-refractivity contribution in [1.29, 1.82) is 0 Å². The maximum atomic E-state index is 12.7. The number of nitrogens with one attached hydrogen (secondary N) is 2. The van der Waals surface area contributed by atoms with Crippen molar-refractivity contribution in [3.63, 3.8) is 0 Å². The molecule has 2 aromatic heterocycles. The first-order valence-electron chi connectivity index (χ1n) is 10.6. The summed E-state index contributed by atoms with van der Waals surface area (Å²) in [6.07, 6.45) is 0. The Morgan fingerprint density at radius 2 is 1.91 bits per heavy atom. The van der Waals surface area contributed by atoms with Crippen LogP contribution in [0.4, 0.5) is 5.69 Å². The predicted molar refractivity (Wildman–Crippen MR) is 129 cm³/mol. The zero-order valence-electron chi connectivity index (χ0n) is 18.7. The van der Waals surface area contributed by atoms with Crippen LogP contribution in [0.3, 0.4) is 0 Å². The van der Waals surface area contributed by atoms with Crippen LogP contribution in [0.15, 0.2) is 52.9 Å². The highest BCUT2D eigenvalue weighted by molar-refractivity contribution is 6.31. The molecule has 0 fully saturated rings. The van der Waals surface area contributed by atoms with Crippen LogP contribution in [-0.2, 0) is 13.1 Å². The van der Waals surface area contributed by atoms with E-state index < -0.39 is 0 Å². The number of aryl methyl sites for hydroxylation is 1. The highest BCUT2D eigenvalue weighted by Crippen LogP contribution is 2.31. The van der Waals surface area contributed by atoms with Gasteiger partial charge in [-0.3, -0.25) is 9.48 Å². The Hall–Kier alpha value is -3.09. The van der Waals surface area contributed by atoms with Gasteiger partial charge >= 0.3 is 0 Å². The monoisotopic (exact) mass is 450 g/mol. The number of halogens is 1. The number of carbonyl (C=O) groups excluding carboxylic acids is 1. The molecule has 0 spiro atoms. The molecule has 0 aliphatic carbocycles. The Labute approximate surface area is 192 Å². The van der Waals surface area contributed by atoms with Crippen LogP contribution in [-0.4, -0.2) is 22.7 Å². The number of furan rings is 1. The molecule has 0 atom stereocenters. The second-order valence-corrected chi connectivity index (χ2v) is 8.73. The van der Waals surface area contributed by atoms with E-state index in [1.165, 1.54) is 0 Å². The normalized spacial score (nSPS) is 11.4. The third-order valence-electron chi connectivity index (χ3n) is 5.37. The molecule has 6 nitrogen and oxygen atoms in total. The molecular weight excluding hydrogens is 424 g/mol. The highest BCUT2D eigenvalue weighted by Gasteiger charge is 2.16. The second-order valence-electron chi connectivity index (χ2n) is 8.30. The van der Waals surface area contributed by atoms with Crippen LogP contribution in [0.1, 0.15) is 52.8 Å². The maximum absolute atomic E-state index is 12.7. The van der Waals surface area contributed by atoms with Crippen molar-refractivity contribution in [2.75, 3.05) is 12.4 Å². The zero-order chi connectivity index (χ0) is 22.8. The minimum absolute atomic E-state index is 0.246. The highest BCUT2D eigenvalue weighted by atomic mass is 35.5. The van der Waals surface area contributed by atoms with E-state index >= 15 is 0 Å². The zero-order valence-corrected chi connectivity index (χ0v) is 19.5. The van der Waals surface area contributed by atoms with E-state index in [-0.39, 0.29) is 11.8 Å². The molecular formula is C25H27ClN4O2. The number of amides is 1. The number of fused-ring (bicyclic) bond motifs is 1. The molecule has 7 heteroatoms. The summed E-state index contributed by atoms with van der Waals surface area (Å²) >= 11 is 6.36. The molecule has 0 bridgehead atoms. The van der Waals surface area contributed by atoms with E-state index in [0.29, 0.717) is 17.3 Å². The minimum Gasteiger partial charge on any atom is -0.460 e. The molecule has 2 aromatic carbocycles. The van der Waals surface area contributed by atoms with Gasteiger partial charge in [0.1, 0.15) is 11.3 Å². The lowest BCUT2D eigenvalue weighted by atomic mass is 10.1. The lowest BCUT2D eigenvalue weighted by molar-refractivity contribution is 0.102. The molecule has 1 amide bonds. The van der Waals surface area contributed by atoms with Crippen molar-refractivity contribution in [2.24, 2.45) is 0 Å². The Morgan fingerprint density at radius 3 is 2.59 bits per heavy atom. The number of benzene rings is 2. The smallest absolute Gasteiger partial charge is 0.276 e. The van der Waals surface area contributed by atoms with Crippen molar-refractivity contribution < 1.29 is 9.21 Å². The summed E-state index contributed by atoms with van der Waals surface area (Å²) in [5.41, 5.74) is 4.86. The van der Waals surface area contributed by atoms with Gasteiger partial charge in [0, 0.05) is 39.8 Å². The fourth-order valence-electron chi connectivity index (χ4n) is 3.66. The molecule has 4 rings (SSSR count). The molecule has 0 radical (unpaired) electrons. The van der Waals surface area contributed by atoms with Gasteiger partial charge in [-0.1, -0.05) is 37.6 Å². The van der Waals surface area contributed by atoms with Crippen molar-refractivity contribution >= 4 is 34.2 Å².